The molecule has 1 aliphatic carbocycles. The van der Waals surface area contributed by atoms with Crippen LogP contribution in [0.4, 0.5) is 10.2 Å². The van der Waals surface area contributed by atoms with Crippen LogP contribution in [0.2, 0.25) is 0 Å². The molecule has 1 aliphatic heterocycles. The van der Waals surface area contributed by atoms with Gasteiger partial charge in [0.15, 0.2) is 5.82 Å². The maximum absolute atomic E-state index is 14.2. The number of aromatic nitrogens is 2. The molecule has 5 rings (SSSR count). The molecule has 1 aromatic heterocycles. The van der Waals surface area contributed by atoms with Crippen molar-refractivity contribution >= 4 is 11.7 Å². The molecule has 33 heavy (non-hydrogen) atoms. The van der Waals surface area contributed by atoms with Gasteiger partial charge in [-0.15, -0.1) is 0 Å². The predicted octanol–water partition coefficient (Wildman–Crippen LogP) is 3.78. The Labute approximate surface area is 192 Å². The summed E-state index contributed by atoms with van der Waals surface area (Å²) in [7, 11) is 0. The van der Waals surface area contributed by atoms with E-state index in [-0.39, 0.29) is 29.4 Å². The molecule has 1 amide bonds. The Bertz CT molecular complexity index is 1250. The van der Waals surface area contributed by atoms with Crippen molar-refractivity contribution in [2.24, 2.45) is 0 Å². The van der Waals surface area contributed by atoms with E-state index < -0.39 is 0 Å². The Kier molecular flexibility index (Phi) is 5.70. The first-order valence-corrected chi connectivity index (χ1v) is 11.5. The number of benzene rings is 2. The standard InChI is InChI=1S/C26H27FN4O2/c1-17-8-9-19(25(32)29-20-10-11-20)16-23(17)31-14-12-28-24(26(31)33)30-13-4-6-21(30)15-18-5-2-3-7-22(18)27/h2-3,5,7-9,12,14,16,20-21H,4,6,10-11,13,15H2,1H3,(H,29,32). The Morgan fingerprint density at radius 1 is 1.18 bits per heavy atom. The molecule has 2 fully saturated rings. The molecule has 6 nitrogen and oxygen atoms in total. The van der Waals surface area contributed by atoms with Crippen LogP contribution >= 0.6 is 0 Å². The molecule has 0 spiro atoms. The molecular formula is C26H27FN4O2. The van der Waals surface area contributed by atoms with Crippen LogP contribution in [0.5, 0.6) is 0 Å². The van der Waals surface area contributed by atoms with Gasteiger partial charge in [0.1, 0.15) is 5.82 Å². The van der Waals surface area contributed by atoms with Gasteiger partial charge in [0, 0.05) is 36.6 Å². The molecule has 170 valence electrons. The van der Waals surface area contributed by atoms with E-state index in [1.54, 1.807) is 41.2 Å². The lowest BCUT2D eigenvalue weighted by molar-refractivity contribution is 0.0951. The molecule has 2 heterocycles. The first-order valence-electron chi connectivity index (χ1n) is 11.5. The maximum atomic E-state index is 14.2. The average Bonchev–Trinajstić information content (AvgIpc) is 3.51. The van der Waals surface area contributed by atoms with Gasteiger partial charge in [0.05, 0.1) is 5.69 Å². The number of nitrogens with zero attached hydrogens (tertiary/aromatic N) is 3. The number of carbonyl (C=O) groups is 1. The topological polar surface area (TPSA) is 67.2 Å². The Morgan fingerprint density at radius 2 is 2.00 bits per heavy atom. The first-order chi connectivity index (χ1) is 16.0. The number of aryl methyl sites for hydroxylation is 1. The highest BCUT2D eigenvalue weighted by molar-refractivity contribution is 5.95. The number of nitrogens with one attached hydrogen (secondary N) is 1. The highest BCUT2D eigenvalue weighted by Gasteiger charge is 2.29. The predicted molar refractivity (Wildman–Crippen MR) is 126 cm³/mol. The molecule has 1 saturated carbocycles. The summed E-state index contributed by atoms with van der Waals surface area (Å²) in [6.45, 7) is 2.62. The molecule has 2 aromatic carbocycles. The maximum Gasteiger partial charge on any atom is 0.298 e. The second kappa shape index (κ2) is 8.81. The van der Waals surface area contributed by atoms with Crippen molar-refractivity contribution in [1.29, 1.82) is 0 Å². The molecule has 7 heteroatoms. The van der Waals surface area contributed by atoms with Gasteiger partial charge in [0.25, 0.3) is 11.5 Å². The fraction of sp³-hybridized carbons (Fsp3) is 0.346. The molecule has 1 unspecified atom stereocenters. The van der Waals surface area contributed by atoms with Crippen LogP contribution in [0.15, 0.2) is 59.7 Å². The molecule has 3 aromatic rings. The fourth-order valence-electron chi connectivity index (χ4n) is 4.54. The van der Waals surface area contributed by atoms with Crippen molar-refractivity contribution in [1.82, 2.24) is 14.9 Å². The van der Waals surface area contributed by atoms with E-state index in [0.29, 0.717) is 35.6 Å². The van der Waals surface area contributed by atoms with Gasteiger partial charge in [-0.1, -0.05) is 24.3 Å². The van der Waals surface area contributed by atoms with E-state index in [4.69, 9.17) is 0 Å². The van der Waals surface area contributed by atoms with Gasteiger partial charge in [-0.25, -0.2) is 9.37 Å². The third kappa shape index (κ3) is 4.40. The monoisotopic (exact) mass is 446 g/mol. The van der Waals surface area contributed by atoms with E-state index in [1.165, 1.54) is 6.07 Å². The summed E-state index contributed by atoms with van der Waals surface area (Å²) in [6.07, 6.45) is 7.61. The number of hydrogen-bond donors (Lipinski definition) is 1. The van der Waals surface area contributed by atoms with Gasteiger partial charge in [0.2, 0.25) is 0 Å². The smallest absolute Gasteiger partial charge is 0.298 e. The van der Waals surface area contributed by atoms with Gasteiger partial charge in [-0.3, -0.25) is 14.2 Å². The third-order valence-corrected chi connectivity index (χ3v) is 6.53. The number of halogens is 1. The summed E-state index contributed by atoms with van der Waals surface area (Å²) < 4.78 is 15.8. The minimum atomic E-state index is -0.235. The highest BCUT2D eigenvalue weighted by atomic mass is 19.1. The van der Waals surface area contributed by atoms with Crippen molar-refractivity contribution in [2.45, 2.75) is 51.1 Å². The van der Waals surface area contributed by atoms with E-state index >= 15 is 0 Å². The zero-order valence-electron chi connectivity index (χ0n) is 18.6. The Balaban J connectivity index is 1.46. The number of carbonyl (C=O) groups excluding carboxylic acids is 1. The fourth-order valence-corrected chi connectivity index (χ4v) is 4.54. The van der Waals surface area contributed by atoms with Gasteiger partial charge in [-0.05, 0) is 68.4 Å². The van der Waals surface area contributed by atoms with Crippen LogP contribution in [0.25, 0.3) is 5.69 Å². The summed E-state index contributed by atoms with van der Waals surface area (Å²) in [4.78, 5) is 32.5. The van der Waals surface area contributed by atoms with E-state index in [1.807, 2.05) is 24.0 Å². The normalized spacial score (nSPS) is 17.9. The zero-order chi connectivity index (χ0) is 22.9. The van der Waals surface area contributed by atoms with Crippen molar-refractivity contribution in [3.05, 3.63) is 87.7 Å². The lowest BCUT2D eigenvalue weighted by Crippen LogP contribution is -2.37. The van der Waals surface area contributed by atoms with E-state index in [2.05, 4.69) is 10.3 Å². The van der Waals surface area contributed by atoms with E-state index in [9.17, 15) is 14.0 Å². The van der Waals surface area contributed by atoms with Crippen LogP contribution in [0.1, 0.15) is 47.2 Å². The molecule has 2 aliphatic rings. The molecule has 1 N–H and O–H groups in total. The Hall–Kier alpha value is -3.48. The van der Waals surface area contributed by atoms with Crippen molar-refractivity contribution in [3.8, 4) is 5.69 Å². The largest absolute Gasteiger partial charge is 0.349 e. The van der Waals surface area contributed by atoms with Crippen LogP contribution in [-0.2, 0) is 6.42 Å². The quantitative estimate of drug-likeness (QED) is 0.626. The minimum Gasteiger partial charge on any atom is -0.349 e. The van der Waals surface area contributed by atoms with Gasteiger partial charge < -0.3 is 10.2 Å². The van der Waals surface area contributed by atoms with Crippen LogP contribution in [0, 0.1) is 12.7 Å². The summed E-state index contributed by atoms with van der Waals surface area (Å²) in [5.41, 5.74) is 2.50. The molecule has 1 saturated heterocycles. The summed E-state index contributed by atoms with van der Waals surface area (Å²) >= 11 is 0. The summed E-state index contributed by atoms with van der Waals surface area (Å²) in [5.74, 6) is 0.0221. The second-order valence-electron chi connectivity index (χ2n) is 8.96. The molecule has 1 atom stereocenters. The summed E-state index contributed by atoms with van der Waals surface area (Å²) in [5, 5.41) is 3.00. The number of amides is 1. The van der Waals surface area contributed by atoms with Crippen LogP contribution in [-0.4, -0.2) is 34.1 Å². The molecule has 0 radical (unpaired) electrons. The van der Waals surface area contributed by atoms with Gasteiger partial charge >= 0.3 is 0 Å². The minimum absolute atomic E-state index is 0.00898. The lowest BCUT2D eigenvalue weighted by Gasteiger charge is -2.26. The van der Waals surface area contributed by atoms with E-state index in [0.717, 1.165) is 31.2 Å². The third-order valence-electron chi connectivity index (χ3n) is 6.53. The lowest BCUT2D eigenvalue weighted by atomic mass is 10.0. The number of anilines is 1. The molecular weight excluding hydrogens is 419 g/mol. The highest BCUT2D eigenvalue weighted by Crippen LogP contribution is 2.26. The number of hydrogen-bond acceptors (Lipinski definition) is 4. The number of rotatable bonds is 6. The second-order valence-corrected chi connectivity index (χ2v) is 8.96. The Morgan fingerprint density at radius 3 is 2.79 bits per heavy atom. The van der Waals surface area contributed by atoms with Crippen LogP contribution < -0.4 is 15.8 Å². The van der Waals surface area contributed by atoms with Gasteiger partial charge in [-0.2, -0.15) is 0 Å². The van der Waals surface area contributed by atoms with Crippen molar-refractivity contribution in [2.75, 3.05) is 11.4 Å². The SMILES string of the molecule is Cc1ccc(C(=O)NC2CC2)cc1-n1ccnc(N2CCCC2Cc2ccccc2F)c1=O. The first kappa shape index (κ1) is 21.4. The van der Waals surface area contributed by atoms with Crippen molar-refractivity contribution in [3.63, 3.8) is 0 Å². The summed E-state index contributed by atoms with van der Waals surface area (Å²) in [6, 6.07) is 12.5. The average molecular weight is 447 g/mol. The molecule has 0 bridgehead atoms. The zero-order valence-corrected chi connectivity index (χ0v) is 18.6. The van der Waals surface area contributed by atoms with Crippen LogP contribution in [0.3, 0.4) is 0 Å². The van der Waals surface area contributed by atoms with Crippen molar-refractivity contribution < 1.29 is 9.18 Å².